The Morgan fingerprint density at radius 1 is 1.44 bits per heavy atom. The largest absolute Gasteiger partial charge is 0.396 e. The second-order valence-electron chi connectivity index (χ2n) is 4.17. The molecule has 0 aliphatic carbocycles. The van der Waals surface area contributed by atoms with Crippen LogP contribution in [0.1, 0.15) is 25.7 Å². The Labute approximate surface area is 101 Å². The van der Waals surface area contributed by atoms with Crippen molar-refractivity contribution >= 4 is 17.4 Å². The summed E-state index contributed by atoms with van der Waals surface area (Å²) in [7, 11) is 0. The molecule has 1 aliphatic heterocycles. The fourth-order valence-electron chi connectivity index (χ4n) is 2.31. The van der Waals surface area contributed by atoms with Crippen LogP contribution in [-0.4, -0.2) is 29.3 Å². The van der Waals surface area contributed by atoms with Crippen LogP contribution < -0.4 is 4.90 Å². The van der Waals surface area contributed by atoms with Crippen molar-refractivity contribution in [1.29, 1.82) is 0 Å². The number of pyridine rings is 1. The quantitative estimate of drug-likeness (QED) is 0.825. The van der Waals surface area contributed by atoms with E-state index in [1.165, 1.54) is 12.8 Å². The number of aliphatic hydroxyl groups excluding tert-OH is 1. The maximum Gasteiger partial charge on any atom is 0.131 e. The molecule has 0 amide bonds. The predicted octanol–water partition coefficient (Wildman–Crippen LogP) is 2.48. The second kappa shape index (κ2) is 5.51. The number of nitrogens with zero attached hydrogens (tertiary/aromatic N) is 2. The van der Waals surface area contributed by atoms with Crippen molar-refractivity contribution in [2.24, 2.45) is 0 Å². The minimum absolute atomic E-state index is 0.238. The van der Waals surface area contributed by atoms with Crippen LogP contribution in [-0.2, 0) is 0 Å². The molecule has 1 saturated heterocycles. The summed E-state index contributed by atoms with van der Waals surface area (Å²) in [6.07, 6.45) is 4.38. The predicted molar refractivity (Wildman–Crippen MR) is 65.9 cm³/mol. The fourth-order valence-corrected chi connectivity index (χ4v) is 2.47. The monoisotopic (exact) mass is 240 g/mol. The van der Waals surface area contributed by atoms with Crippen molar-refractivity contribution in [3.63, 3.8) is 0 Å². The summed E-state index contributed by atoms with van der Waals surface area (Å²) >= 11 is 5.90. The molecule has 1 N–H and O–H groups in total. The molecule has 2 rings (SSSR count). The Hall–Kier alpha value is -0.800. The summed E-state index contributed by atoms with van der Waals surface area (Å²) < 4.78 is 0. The molecular weight excluding hydrogens is 224 g/mol. The van der Waals surface area contributed by atoms with Gasteiger partial charge in [-0.05, 0) is 37.8 Å². The van der Waals surface area contributed by atoms with Crippen LogP contribution in [0, 0.1) is 0 Å². The molecule has 3 nitrogen and oxygen atoms in total. The van der Waals surface area contributed by atoms with Crippen molar-refractivity contribution in [3.05, 3.63) is 23.4 Å². The highest BCUT2D eigenvalue weighted by Gasteiger charge is 2.22. The van der Waals surface area contributed by atoms with Gasteiger partial charge >= 0.3 is 0 Å². The highest BCUT2D eigenvalue weighted by atomic mass is 35.5. The topological polar surface area (TPSA) is 36.4 Å². The third-order valence-corrected chi connectivity index (χ3v) is 3.29. The molecule has 1 aromatic rings. The van der Waals surface area contributed by atoms with Crippen molar-refractivity contribution in [2.75, 3.05) is 18.1 Å². The second-order valence-corrected chi connectivity index (χ2v) is 4.56. The average molecular weight is 241 g/mol. The van der Waals surface area contributed by atoms with Crippen LogP contribution in [0.4, 0.5) is 5.82 Å². The molecule has 1 unspecified atom stereocenters. The first-order valence-electron chi connectivity index (χ1n) is 5.81. The van der Waals surface area contributed by atoms with Gasteiger partial charge < -0.3 is 10.0 Å². The van der Waals surface area contributed by atoms with E-state index in [1.807, 2.05) is 12.1 Å². The van der Waals surface area contributed by atoms with Gasteiger partial charge in [-0.25, -0.2) is 4.98 Å². The van der Waals surface area contributed by atoms with Crippen molar-refractivity contribution in [1.82, 2.24) is 4.98 Å². The number of halogens is 1. The van der Waals surface area contributed by atoms with Gasteiger partial charge in [-0.3, -0.25) is 0 Å². The van der Waals surface area contributed by atoms with Crippen molar-refractivity contribution < 1.29 is 5.11 Å². The molecule has 1 aromatic heterocycles. The number of anilines is 1. The van der Waals surface area contributed by atoms with Crippen LogP contribution in [0.3, 0.4) is 0 Å². The first-order chi connectivity index (χ1) is 7.81. The Morgan fingerprint density at radius 3 is 3.06 bits per heavy atom. The number of aromatic nitrogens is 1. The van der Waals surface area contributed by atoms with Gasteiger partial charge in [-0.2, -0.15) is 0 Å². The summed E-state index contributed by atoms with van der Waals surface area (Å²) in [6, 6.07) is 6.11. The van der Waals surface area contributed by atoms with E-state index in [-0.39, 0.29) is 6.61 Å². The molecule has 0 radical (unpaired) electrons. The van der Waals surface area contributed by atoms with Crippen LogP contribution in [0.5, 0.6) is 0 Å². The normalized spacial score (nSPS) is 21.1. The zero-order chi connectivity index (χ0) is 11.4. The average Bonchev–Trinajstić information content (AvgIpc) is 2.30. The van der Waals surface area contributed by atoms with Crippen LogP contribution in [0.15, 0.2) is 18.2 Å². The Bertz CT molecular complexity index is 344. The molecule has 0 saturated carbocycles. The minimum Gasteiger partial charge on any atom is -0.396 e. The van der Waals surface area contributed by atoms with Gasteiger partial charge in [-0.1, -0.05) is 17.7 Å². The van der Waals surface area contributed by atoms with E-state index < -0.39 is 0 Å². The van der Waals surface area contributed by atoms with E-state index in [1.54, 1.807) is 6.07 Å². The highest BCUT2D eigenvalue weighted by Crippen LogP contribution is 2.25. The van der Waals surface area contributed by atoms with E-state index in [9.17, 15) is 0 Å². The minimum atomic E-state index is 0.238. The molecule has 0 aromatic carbocycles. The SMILES string of the molecule is OCCC1CCCCN1c1cccc(Cl)n1. The third-order valence-electron chi connectivity index (χ3n) is 3.08. The molecule has 16 heavy (non-hydrogen) atoms. The molecule has 1 aliphatic rings. The maximum absolute atomic E-state index is 9.06. The van der Waals surface area contributed by atoms with E-state index in [2.05, 4.69) is 9.88 Å². The first kappa shape index (κ1) is 11.7. The third kappa shape index (κ3) is 2.66. The lowest BCUT2D eigenvalue weighted by molar-refractivity contribution is 0.262. The van der Waals surface area contributed by atoms with Crippen LogP contribution in [0.25, 0.3) is 0 Å². The van der Waals surface area contributed by atoms with Gasteiger partial charge in [0.15, 0.2) is 0 Å². The van der Waals surface area contributed by atoms with E-state index in [0.29, 0.717) is 11.2 Å². The van der Waals surface area contributed by atoms with E-state index in [0.717, 1.165) is 25.2 Å². The smallest absolute Gasteiger partial charge is 0.131 e. The molecule has 88 valence electrons. The zero-order valence-corrected chi connectivity index (χ0v) is 10.0. The lowest BCUT2D eigenvalue weighted by Crippen LogP contribution is -2.40. The van der Waals surface area contributed by atoms with Crippen LogP contribution in [0.2, 0.25) is 5.15 Å². The van der Waals surface area contributed by atoms with Gasteiger partial charge in [0.1, 0.15) is 11.0 Å². The summed E-state index contributed by atoms with van der Waals surface area (Å²) in [4.78, 5) is 6.61. The molecule has 0 spiro atoms. The molecule has 1 fully saturated rings. The fraction of sp³-hybridized carbons (Fsp3) is 0.583. The van der Waals surface area contributed by atoms with Crippen molar-refractivity contribution in [3.8, 4) is 0 Å². The zero-order valence-electron chi connectivity index (χ0n) is 9.27. The van der Waals surface area contributed by atoms with Crippen LogP contribution >= 0.6 is 11.6 Å². The summed E-state index contributed by atoms with van der Waals surface area (Å²) in [5, 5.41) is 9.60. The van der Waals surface area contributed by atoms with E-state index in [4.69, 9.17) is 16.7 Å². The summed E-state index contributed by atoms with van der Waals surface area (Å²) in [5.41, 5.74) is 0. The van der Waals surface area contributed by atoms with Gasteiger partial charge in [-0.15, -0.1) is 0 Å². The lowest BCUT2D eigenvalue weighted by Gasteiger charge is -2.36. The summed E-state index contributed by atoms with van der Waals surface area (Å²) in [6.45, 7) is 1.25. The Balaban J connectivity index is 2.16. The Morgan fingerprint density at radius 2 is 2.31 bits per heavy atom. The molecular formula is C12H17ClN2O. The summed E-state index contributed by atoms with van der Waals surface area (Å²) in [5.74, 6) is 0.936. The first-order valence-corrected chi connectivity index (χ1v) is 6.19. The number of hydrogen-bond acceptors (Lipinski definition) is 3. The number of piperidine rings is 1. The molecule has 4 heteroatoms. The standard InChI is InChI=1S/C12H17ClN2O/c13-11-5-3-6-12(14-11)15-8-2-1-4-10(15)7-9-16/h3,5-6,10,16H,1-2,4,7-9H2. The van der Waals surface area contributed by atoms with E-state index >= 15 is 0 Å². The van der Waals surface area contributed by atoms with Crippen molar-refractivity contribution in [2.45, 2.75) is 31.7 Å². The van der Waals surface area contributed by atoms with Gasteiger partial charge in [0, 0.05) is 19.2 Å². The number of hydrogen-bond donors (Lipinski definition) is 1. The van der Waals surface area contributed by atoms with Gasteiger partial charge in [0.2, 0.25) is 0 Å². The molecule has 0 bridgehead atoms. The Kier molecular flexibility index (Phi) is 4.02. The number of aliphatic hydroxyl groups is 1. The lowest BCUT2D eigenvalue weighted by atomic mass is 10.00. The highest BCUT2D eigenvalue weighted by molar-refractivity contribution is 6.29. The van der Waals surface area contributed by atoms with Gasteiger partial charge in [0.05, 0.1) is 0 Å². The molecule has 2 heterocycles. The van der Waals surface area contributed by atoms with Gasteiger partial charge in [0.25, 0.3) is 0 Å². The maximum atomic E-state index is 9.06. The molecule has 1 atom stereocenters. The number of rotatable bonds is 3.